The van der Waals surface area contributed by atoms with Gasteiger partial charge in [0.15, 0.2) is 6.61 Å². The quantitative estimate of drug-likeness (QED) is 0.757. The molecule has 0 atom stereocenters. The molecule has 1 heterocycles. The molecule has 1 aliphatic heterocycles. The van der Waals surface area contributed by atoms with E-state index in [9.17, 15) is 4.79 Å². The zero-order valence-electron chi connectivity index (χ0n) is 14.2. The average Bonchev–Trinajstić information content (AvgIpc) is 2.62. The summed E-state index contributed by atoms with van der Waals surface area (Å²) in [5, 5.41) is 3.77. The van der Waals surface area contributed by atoms with Crippen molar-refractivity contribution < 1.29 is 9.53 Å². The van der Waals surface area contributed by atoms with Gasteiger partial charge in [0.1, 0.15) is 5.75 Å². The zero-order chi connectivity index (χ0) is 18.4. The second-order valence-corrected chi connectivity index (χ2v) is 8.07. The summed E-state index contributed by atoms with van der Waals surface area (Å²) in [6, 6.07) is 12.8. The highest BCUT2D eigenvalue weighted by atomic mass is 35.5. The minimum atomic E-state index is -0.234. The maximum Gasteiger partial charge on any atom is 0.262 e. The molecule has 2 aromatic carbocycles. The zero-order valence-corrected chi connectivity index (χ0v) is 16.5. The number of carbonyl (C=O) groups excluding carboxylic acids is 1. The van der Waals surface area contributed by atoms with Crippen LogP contribution in [-0.2, 0) is 11.3 Å². The summed E-state index contributed by atoms with van der Waals surface area (Å²) in [5.41, 5.74) is 1.96. The lowest BCUT2D eigenvalue weighted by atomic mass is 10.2. The Kier molecular flexibility index (Phi) is 7.08. The van der Waals surface area contributed by atoms with Gasteiger partial charge in [-0.1, -0.05) is 35.3 Å². The molecule has 2 aromatic rings. The highest BCUT2D eigenvalue weighted by Gasteiger charge is 2.11. The Morgan fingerprint density at radius 1 is 1.15 bits per heavy atom. The van der Waals surface area contributed by atoms with Gasteiger partial charge in [-0.3, -0.25) is 9.69 Å². The predicted octanol–water partition coefficient (Wildman–Crippen LogP) is 4.56. The first-order chi connectivity index (χ1) is 12.6. The summed E-state index contributed by atoms with van der Waals surface area (Å²) >= 11 is 13.9. The van der Waals surface area contributed by atoms with Crippen LogP contribution in [0.4, 0.5) is 5.69 Å². The molecule has 26 heavy (non-hydrogen) atoms. The Balaban J connectivity index is 1.52. The molecule has 1 amide bonds. The van der Waals surface area contributed by atoms with E-state index in [0.29, 0.717) is 15.8 Å². The number of carbonyl (C=O) groups is 1. The summed E-state index contributed by atoms with van der Waals surface area (Å²) in [7, 11) is 0. The molecule has 0 radical (unpaired) electrons. The number of thioether (sulfide) groups is 1. The van der Waals surface area contributed by atoms with E-state index in [4.69, 9.17) is 27.9 Å². The van der Waals surface area contributed by atoms with Crippen LogP contribution in [0.1, 0.15) is 5.56 Å². The predicted molar refractivity (Wildman–Crippen MR) is 110 cm³/mol. The molecule has 1 fully saturated rings. The average molecular weight is 411 g/mol. The van der Waals surface area contributed by atoms with Crippen LogP contribution in [0.2, 0.25) is 10.0 Å². The largest absolute Gasteiger partial charge is 0.482 e. The minimum absolute atomic E-state index is 0.116. The van der Waals surface area contributed by atoms with Crippen LogP contribution in [-0.4, -0.2) is 42.0 Å². The number of hydrogen-bond acceptors (Lipinski definition) is 4. The van der Waals surface area contributed by atoms with Crippen molar-refractivity contribution in [2.24, 2.45) is 0 Å². The van der Waals surface area contributed by atoms with E-state index in [-0.39, 0.29) is 12.5 Å². The van der Waals surface area contributed by atoms with Crippen molar-refractivity contribution in [2.75, 3.05) is 36.5 Å². The van der Waals surface area contributed by atoms with Gasteiger partial charge in [0.2, 0.25) is 0 Å². The molecular weight excluding hydrogens is 391 g/mol. The number of anilines is 1. The normalized spacial score (nSPS) is 14.8. The van der Waals surface area contributed by atoms with Crippen LogP contribution >= 0.6 is 35.0 Å². The minimum Gasteiger partial charge on any atom is -0.482 e. The van der Waals surface area contributed by atoms with E-state index in [1.54, 1.807) is 18.2 Å². The smallest absolute Gasteiger partial charge is 0.262 e. The summed E-state index contributed by atoms with van der Waals surface area (Å²) in [5.74, 6) is 2.56. The molecule has 1 aliphatic rings. The molecule has 0 aromatic heterocycles. The molecule has 1 saturated heterocycles. The molecule has 0 spiro atoms. The molecule has 7 heteroatoms. The topological polar surface area (TPSA) is 41.6 Å². The maximum atomic E-state index is 12.1. The molecule has 0 unspecified atom stereocenters. The van der Waals surface area contributed by atoms with Crippen LogP contribution in [0.3, 0.4) is 0 Å². The highest BCUT2D eigenvalue weighted by molar-refractivity contribution is 7.99. The number of hydrogen-bond donors (Lipinski definition) is 1. The van der Waals surface area contributed by atoms with Crippen LogP contribution in [0.25, 0.3) is 0 Å². The van der Waals surface area contributed by atoms with Crippen molar-refractivity contribution in [1.82, 2.24) is 4.90 Å². The van der Waals surface area contributed by atoms with E-state index in [1.165, 1.54) is 17.1 Å². The van der Waals surface area contributed by atoms with Gasteiger partial charge in [0.05, 0.1) is 5.02 Å². The summed E-state index contributed by atoms with van der Waals surface area (Å²) in [6.45, 7) is 3.00. The number of ether oxygens (including phenoxy) is 1. The Morgan fingerprint density at radius 3 is 2.73 bits per heavy atom. The molecule has 1 N–H and O–H groups in total. The van der Waals surface area contributed by atoms with Gasteiger partial charge in [-0.05, 0) is 35.9 Å². The second kappa shape index (κ2) is 9.51. The lowest BCUT2D eigenvalue weighted by Gasteiger charge is -2.26. The van der Waals surface area contributed by atoms with Gasteiger partial charge in [-0.25, -0.2) is 0 Å². The van der Waals surface area contributed by atoms with Gasteiger partial charge in [-0.2, -0.15) is 11.8 Å². The van der Waals surface area contributed by atoms with Crippen molar-refractivity contribution in [2.45, 2.75) is 6.54 Å². The van der Waals surface area contributed by atoms with Crippen molar-refractivity contribution >= 4 is 46.6 Å². The van der Waals surface area contributed by atoms with E-state index in [2.05, 4.69) is 16.3 Å². The number of amides is 1. The standard InChI is InChI=1S/C19H20Cl2N2O2S/c20-15-4-5-18(17(21)11-15)25-13-19(24)22-16-3-1-2-14(10-16)12-23-6-8-26-9-7-23/h1-5,10-11H,6-9,12-13H2,(H,22,24). The van der Waals surface area contributed by atoms with Crippen LogP contribution in [0.15, 0.2) is 42.5 Å². The van der Waals surface area contributed by atoms with E-state index < -0.39 is 0 Å². The van der Waals surface area contributed by atoms with Crippen molar-refractivity contribution in [3.8, 4) is 5.75 Å². The fourth-order valence-electron chi connectivity index (χ4n) is 2.70. The molecule has 4 nitrogen and oxygen atoms in total. The monoisotopic (exact) mass is 410 g/mol. The van der Waals surface area contributed by atoms with Crippen molar-refractivity contribution in [3.05, 3.63) is 58.1 Å². The molecule has 0 saturated carbocycles. The van der Waals surface area contributed by atoms with Crippen LogP contribution in [0, 0.1) is 0 Å². The molecule has 138 valence electrons. The Morgan fingerprint density at radius 2 is 1.96 bits per heavy atom. The molecule has 0 aliphatic carbocycles. The third-order valence-electron chi connectivity index (χ3n) is 3.97. The number of nitrogens with one attached hydrogen (secondary N) is 1. The fraction of sp³-hybridized carbons (Fsp3) is 0.316. The summed E-state index contributed by atoms with van der Waals surface area (Å²) in [6.07, 6.45) is 0. The van der Waals surface area contributed by atoms with E-state index >= 15 is 0 Å². The Bertz CT molecular complexity index is 767. The van der Waals surface area contributed by atoms with Gasteiger partial charge < -0.3 is 10.1 Å². The number of rotatable bonds is 6. The second-order valence-electron chi connectivity index (χ2n) is 6.00. The van der Waals surface area contributed by atoms with E-state index in [0.717, 1.165) is 25.3 Å². The lowest BCUT2D eigenvalue weighted by Crippen LogP contribution is -2.32. The summed E-state index contributed by atoms with van der Waals surface area (Å²) in [4.78, 5) is 14.6. The van der Waals surface area contributed by atoms with Gasteiger partial charge in [-0.15, -0.1) is 0 Å². The Labute approximate surface area is 167 Å². The first-order valence-corrected chi connectivity index (χ1v) is 10.3. The lowest BCUT2D eigenvalue weighted by molar-refractivity contribution is -0.118. The van der Waals surface area contributed by atoms with Crippen molar-refractivity contribution in [3.63, 3.8) is 0 Å². The summed E-state index contributed by atoms with van der Waals surface area (Å²) < 4.78 is 5.46. The molecule has 3 rings (SSSR count). The first kappa shape index (κ1) is 19.4. The molecular formula is C19H20Cl2N2O2S. The SMILES string of the molecule is O=C(COc1ccc(Cl)cc1Cl)Nc1cccc(CN2CCSCC2)c1. The van der Waals surface area contributed by atoms with Gasteiger partial charge >= 0.3 is 0 Å². The molecule has 0 bridgehead atoms. The van der Waals surface area contributed by atoms with Crippen LogP contribution < -0.4 is 10.1 Å². The number of nitrogens with zero attached hydrogens (tertiary/aromatic N) is 1. The van der Waals surface area contributed by atoms with Gasteiger partial charge in [0.25, 0.3) is 5.91 Å². The van der Waals surface area contributed by atoms with E-state index in [1.807, 2.05) is 30.0 Å². The fourth-order valence-corrected chi connectivity index (χ4v) is 4.14. The number of benzene rings is 2. The third-order valence-corrected chi connectivity index (χ3v) is 5.45. The maximum absolute atomic E-state index is 12.1. The third kappa shape index (κ3) is 5.81. The van der Waals surface area contributed by atoms with Crippen molar-refractivity contribution in [1.29, 1.82) is 0 Å². The van der Waals surface area contributed by atoms with Crippen LogP contribution in [0.5, 0.6) is 5.75 Å². The first-order valence-electron chi connectivity index (χ1n) is 8.37. The highest BCUT2D eigenvalue weighted by Crippen LogP contribution is 2.27. The Hall–Kier alpha value is -1.40. The van der Waals surface area contributed by atoms with Gasteiger partial charge in [0, 0.05) is 41.8 Å². The number of halogens is 2.